The molecule has 0 aliphatic heterocycles. The Hall–Kier alpha value is -2.63. The van der Waals surface area contributed by atoms with E-state index in [1.807, 2.05) is 0 Å². The number of rotatable bonds is 55. The van der Waals surface area contributed by atoms with Crippen LogP contribution >= 0.6 is 0 Å². The Bertz CT molecular complexity index is 1200. The first-order valence-electron chi connectivity index (χ1n) is 30.1. The van der Waals surface area contributed by atoms with Crippen molar-refractivity contribution >= 4 is 17.9 Å². The van der Waals surface area contributed by atoms with Gasteiger partial charge < -0.3 is 14.2 Å². The van der Waals surface area contributed by atoms with Gasteiger partial charge >= 0.3 is 17.9 Å². The van der Waals surface area contributed by atoms with Crippen LogP contribution in [-0.2, 0) is 28.6 Å². The van der Waals surface area contributed by atoms with Crippen molar-refractivity contribution in [2.24, 2.45) is 0 Å². The van der Waals surface area contributed by atoms with Crippen molar-refractivity contribution < 1.29 is 28.6 Å². The SMILES string of the molecule is CCCCC/C=C\C/C=C\CCCCCCCCCC(=O)O[C@@H](COC(=O)CCCCCCC/C=C\CCCCCCCC)COC(=O)CCCCCCCCCCC/C=C\CCCCCCCC. The monoisotopic (exact) mass is 967 g/mol. The molecular formula is C63H114O6. The van der Waals surface area contributed by atoms with Crippen molar-refractivity contribution in [1.29, 1.82) is 0 Å². The Kier molecular flexibility index (Phi) is 55.7. The maximum absolute atomic E-state index is 12.9. The highest BCUT2D eigenvalue weighted by atomic mass is 16.6. The maximum atomic E-state index is 12.9. The molecule has 0 spiro atoms. The second kappa shape index (κ2) is 57.9. The highest BCUT2D eigenvalue weighted by Gasteiger charge is 2.19. The Labute approximate surface area is 428 Å². The molecule has 6 nitrogen and oxygen atoms in total. The lowest BCUT2D eigenvalue weighted by Crippen LogP contribution is -2.30. The quantitative estimate of drug-likeness (QED) is 0.0262. The van der Waals surface area contributed by atoms with Crippen LogP contribution in [0.1, 0.15) is 316 Å². The van der Waals surface area contributed by atoms with Crippen LogP contribution in [0.15, 0.2) is 48.6 Å². The number of allylic oxidation sites excluding steroid dienone is 8. The molecular weight excluding hydrogens is 853 g/mol. The zero-order valence-electron chi connectivity index (χ0n) is 46.1. The first kappa shape index (κ1) is 66.4. The van der Waals surface area contributed by atoms with Gasteiger partial charge in [-0.25, -0.2) is 0 Å². The molecule has 69 heavy (non-hydrogen) atoms. The van der Waals surface area contributed by atoms with Crippen LogP contribution < -0.4 is 0 Å². The minimum atomic E-state index is -0.781. The molecule has 0 aromatic carbocycles. The zero-order valence-corrected chi connectivity index (χ0v) is 46.1. The molecule has 0 heterocycles. The van der Waals surface area contributed by atoms with E-state index >= 15 is 0 Å². The van der Waals surface area contributed by atoms with E-state index in [2.05, 4.69) is 69.4 Å². The van der Waals surface area contributed by atoms with E-state index in [9.17, 15) is 14.4 Å². The number of esters is 3. The number of unbranched alkanes of at least 4 members (excludes halogenated alkanes) is 36. The second-order valence-corrected chi connectivity index (χ2v) is 20.2. The summed E-state index contributed by atoms with van der Waals surface area (Å²) in [5.74, 6) is -0.881. The molecule has 0 aromatic rings. The third-order valence-corrected chi connectivity index (χ3v) is 13.3. The summed E-state index contributed by atoms with van der Waals surface area (Å²) in [5, 5.41) is 0. The summed E-state index contributed by atoms with van der Waals surface area (Å²) in [6.07, 6.45) is 71.0. The molecule has 0 aromatic heterocycles. The average Bonchev–Trinajstić information content (AvgIpc) is 3.35. The maximum Gasteiger partial charge on any atom is 0.306 e. The fourth-order valence-electron chi connectivity index (χ4n) is 8.70. The highest BCUT2D eigenvalue weighted by Crippen LogP contribution is 2.16. The Morgan fingerprint density at radius 3 is 0.841 bits per heavy atom. The van der Waals surface area contributed by atoms with Gasteiger partial charge in [0.25, 0.3) is 0 Å². The lowest BCUT2D eigenvalue weighted by atomic mass is 10.1. The molecule has 0 aliphatic rings. The zero-order chi connectivity index (χ0) is 50.0. The summed E-state index contributed by atoms with van der Waals surface area (Å²) in [4.78, 5) is 38.2. The van der Waals surface area contributed by atoms with Crippen LogP contribution in [0.2, 0.25) is 0 Å². The van der Waals surface area contributed by atoms with Gasteiger partial charge in [-0.1, -0.05) is 243 Å². The van der Waals surface area contributed by atoms with Crippen LogP contribution in [0.4, 0.5) is 0 Å². The van der Waals surface area contributed by atoms with Gasteiger partial charge in [0.1, 0.15) is 13.2 Å². The topological polar surface area (TPSA) is 78.9 Å². The van der Waals surface area contributed by atoms with Gasteiger partial charge in [-0.15, -0.1) is 0 Å². The van der Waals surface area contributed by atoms with E-state index in [1.165, 1.54) is 199 Å². The van der Waals surface area contributed by atoms with Gasteiger partial charge in [-0.3, -0.25) is 14.4 Å². The third kappa shape index (κ3) is 56.2. The van der Waals surface area contributed by atoms with Gasteiger partial charge in [0, 0.05) is 19.3 Å². The van der Waals surface area contributed by atoms with Gasteiger partial charge in [0.2, 0.25) is 0 Å². The minimum Gasteiger partial charge on any atom is -0.462 e. The molecule has 1 atom stereocenters. The van der Waals surface area contributed by atoms with E-state index in [4.69, 9.17) is 14.2 Å². The fourth-order valence-corrected chi connectivity index (χ4v) is 8.70. The number of carbonyl (C=O) groups excluding carboxylic acids is 3. The third-order valence-electron chi connectivity index (χ3n) is 13.3. The Balaban J connectivity index is 4.37. The summed E-state index contributed by atoms with van der Waals surface area (Å²) in [6.45, 7) is 6.63. The molecule has 0 radical (unpaired) electrons. The van der Waals surface area contributed by atoms with Crippen molar-refractivity contribution in [2.45, 2.75) is 322 Å². The molecule has 0 amide bonds. The van der Waals surface area contributed by atoms with Gasteiger partial charge in [0.05, 0.1) is 0 Å². The first-order chi connectivity index (χ1) is 34.0. The summed E-state index contributed by atoms with van der Waals surface area (Å²) in [5.41, 5.74) is 0. The van der Waals surface area contributed by atoms with Crippen LogP contribution in [0, 0.1) is 0 Å². The summed E-state index contributed by atoms with van der Waals surface area (Å²) >= 11 is 0. The van der Waals surface area contributed by atoms with E-state index in [0.717, 1.165) is 77.0 Å². The van der Waals surface area contributed by atoms with Crippen molar-refractivity contribution in [3.63, 3.8) is 0 Å². The highest BCUT2D eigenvalue weighted by molar-refractivity contribution is 5.71. The predicted octanol–water partition coefficient (Wildman–Crippen LogP) is 20.2. The smallest absolute Gasteiger partial charge is 0.306 e. The molecule has 0 aliphatic carbocycles. The minimum absolute atomic E-state index is 0.0783. The Morgan fingerprint density at radius 1 is 0.290 bits per heavy atom. The summed E-state index contributed by atoms with van der Waals surface area (Å²) in [6, 6.07) is 0. The average molecular weight is 968 g/mol. The van der Waals surface area contributed by atoms with Crippen LogP contribution in [-0.4, -0.2) is 37.2 Å². The molecule has 6 heteroatoms. The molecule has 0 saturated carbocycles. The number of hydrogen-bond donors (Lipinski definition) is 0. The van der Waals surface area contributed by atoms with Gasteiger partial charge in [-0.2, -0.15) is 0 Å². The molecule has 0 N–H and O–H groups in total. The summed E-state index contributed by atoms with van der Waals surface area (Å²) in [7, 11) is 0. The number of carbonyl (C=O) groups is 3. The molecule has 0 rings (SSSR count). The molecule has 0 unspecified atom stereocenters. The Morgan fingerprint density at radius 2 is 0.522 bits per heavy atom. The van der Waals surface area contributed by atoms with E-state index < -0.39 is 6.10 Å². The van der Waals surface area contributed by atoms with Crippen LogP contribution in [0.25, 0.3) is 0 Å². The van der Waals surface area contributed by atoms with Crippen LogP contribution in [0.3, 0.4) is 0 Å². The lowest BCUT2D eigenvalue weighted by Gasteiger charge is -2.18. The van der Waals surface area contributed by atoms with Crippen molar-refractivity contribution in [3.8, 4) is 0 Å². The van der Waals surface area contributed by atoms with Crippen molar-refractivity contribution in [2.75, 3.05) is 13.2 Å². The predicted molar refractivity (Wildman–Crippen MR) is 298 cm³/mol. The largest absolute Gasteiger partial charge is 0.462 e. The van der Waals surface area contributed by atoms with E-state index in [0.29, 0.717) is 19.3 Å². The van der Waals surface area contributed by atoms with Crippen molar-refractivity contribution in [3.05, 3.63) is 48.6 Å². The first-order valence-corrected chi connectivity index (χ1v) is 30.1. The normalized spacial score (nSPS) is 12.3. The van der Waals surface area contributed by atoms with Crippen LogP contribution in [0.5, 0.6) is 0 Å². The van der Waals surface area contributed by atoms with E-state index in [1.54, 1.807) is 0 Å². The van der Waals surface area contributed by atoms with Crippen molar-refractivity contribution in [1.82, 2.24) is 0 Å². The molecule has 0 bridgehead atoms. The van der Waals surface area contributed by atoms with Gasteiger partial charge in [-0.05, 0) is 103 Å². The molecule has 0 saturated heterocycles. The number of ether oxygens (including phenoxy) is 3. The summed E-state index contributed by atoms with van der Waals surface area (Å²) < 4.78 is 16.9. The number of hydrogen-bond acceptors (Lipinski definition) is 6. The van der Waals surface area contributed by atoms with E-state index in [-0.39, 0.29) is 31.1 Å². The fraction of sp³-hybridized carbons (Fsp3) is 0.825. The van der Waals surface area contributed by atoms with Gasteiger partial charge in [0.15, 0.2) is 6.10 Å². The molecule has 0 fully saturated rings. The molecule has 402 valence electrons. The lowest BCUT2D eigenvalue weighted by molar-refractivity contribution is -0.167. The second-order valence-electron chi connectivity index (χ2n) is 20.2. The standard InChI is InChI=1S/C63H114O6/c1-4-7-10-13-16-19-22-25-28-30-31-33-35-38-41-44-47-50-53-56-62(65)68-59-60(58-67-61(64)55-52-49-46-43-40-37-34-27-24-21-18-15-12-9-6-3)69-63(66)57-54-51-48-45-42-39-36-32-29-26-23-20-17-14-11-8-5-2/h17,20,25-29,34,60H,4-16,18-19,21-24,30-33,35-59H2,1-3H3/b20-17-,28-25-,29-26-,34-27-/t60-/m0/s1.